The lowest BCUT2D eigenvalue weighted by molar-refractivity contribution is 0.0999. The molecule has 5 nitrogen and oxygen atoms in total. The number of para-hydroxylation sites is 1. The average molecular weight is 412 g/mol. The van der Waals surface area contributed by atoms with Crippen LogP contribution in [0.15, 0.2) is 65.1 Å². The van der Waals surface area contributed by atoms with Crippen molar-refractivity contribution in [2.45, 2.75) is 27.7 Å². The molecule has 0 saturated heterocycles. The highest BCUT2D eigenvalue weighted by Gasteiger charge is 2.23. The SMILES string of the molecule is Cc1ccc(NC(=O)c2oc3ccccc3c2NC(=O)c2ccc(C)c(C)c2)cc1C. The van der Waals surface area contributed by atoms with Crippen molar-refractivity contribution in [3.8, 4) is 0 Å². The Labute approximate surface area is 181 Å². The van der Waals surface area contributed by atoms with Gasteiger partial charge in [0, 0.05) is 16.6 Å². The van der Waals surface area contributed by atoms with E-state index >= 15 is 0 Å². The summed E-state index contributed by atoms with van der Waals surface area (Å²) < 4.78 is 5.84. The lowest BCUT2D eigenvalue weighted by atomic mass is 10.1. The first-order valence-corrected chi connectivity index (χ1v) is 10.1. The van der Waals surface area contributed by atoms with Crippen LogP contribution in [0.1, 0.15) is 43.2 Å². The first-order chi connectivity index (χ1) is 14.8. The number of carbonyl (C=O) groups is 2. The number of hydrogen-bond donors (Lipinski definition) is 2. The molecule has 0 saturated carbocycles. The van der Waals surface area contributed by atoms with Gasteiger partial charge in [-0.05, 0) is 86.3 Å². The molecule has 0 spiro atoms. The zero-order valence-corrected chi connectivity index (χ0v) is 18.0. The monoisotopic (exact) mass is 412 g/mol. The smallest absolute Gasteiger partial charge is 0.293 e. The van der Waals surface area contributed by atoms with E-state index < -0.39 is 5.91 Å². The molecule has 31 heavy (non-hydrogen) atoms. The van der Waals surface area contributed by atoms with E-state index in [0.717, 1.165) is 22.3 Å². The van der Waals surface area contributed by atoms with Gasteiger partial charge < -0.3 is 15.1 Å². The van der Waals surface area contributed by atoms with Gasteiger partial charge in [0.15, 0.2) is 0 Å². The van der Waals surface area contributed by atoms with Gasteiger partial charge in [-0.3, -0.25) is 9.59 Å². The summed E-state index contributed by atoms with van der Waals surface area (Å²) in [7, 11) is 0. The zero-order chi connectivity index (χ0) is 22.1. The summed E-state index contributed by atoms with van der Waals surface area (Å²) in [6.45, 7) is 7.96. The normalized spacial score (nSPS) is 10.8. The van der Waals surface area contributed by atoms with Crippen LogP contribution in [0.25, 0.3) is 11.0 Å². The topological polar surface area (TPSA) is 71.3 Å². The van der Waals surface area contributed by atoms with E-state index in [0.29, 0.717) is 27.9 Å². The minimum Gasteiger partial charge on any atom is -0.449 e. The molecule has 4 aromatic rings. The van der Waals surface area contributed by atoms with Crippen molar-refractivity contribution in [1.29, 1.82) is 0 Å². The van der Waals surface area contributed by atoms with Crippen molar-refractivity contribution in [2.75, 3.05) is 10.6 Å². The first kappa shape index (κ1) is 20.4. The Kier molecular flexibility index (Phi) is 5.34. The predicted molar refractivity (Wildman–Crippen MR) is 124 cm³/mol. The van der Waals surface area contributed by atoms with Gasteiger partial charge >= 0.3 is 0 Å². The fourth-order valence-corrected chi connectivity index (χ4v) is 3.40. The fraction of sp³-hybridized carbons (Fsp3) is 0.154. The molecule has 0 atom stereocenters. The number of amides is 2. The summed E-state index contributed by atoms with van der Waals surface area (Å²) in [5.41, 5.74) is 6.43. The predicted octanol–water partition coefficient (Wildman–Crippen LogP) is 6.17. The zero-order valence-electron chi connectivity index (χ0n) is 18.0. The van der Waals surface area contributed by atoms with Gasteiger partial charge in [-0.2, -0.15) is 0 Å². The molecule has 0 bridgehead atoms. The van der Waals surface area contributed by atoms with Crippen LogP contribution in [0.2, 0.25) is 0 Å². The van der Waals surface area contributed by atoms with Crippen LogP contribution in [-0.2, 0) is 0 Å². The Bertz CT molecular complexity index is 1320. The number of fused-ring (bicyclic) bond motifs is 1. The van der Waals surface area contributed by atoms with E-state index in [1.54, 1.807) is 12.1 Å². The van der Waals surface area contributed by atoms with Gasteiger partial charge in [-0.15, -0.1) is 0 Å². The summed E-state index contributed by atoms with van der Waals surface area (Å²) in [5, 5.41) is 6.43. The van der Waals surface area contributed by atoms with Gasteiger partial charge in [0.05, 0.1) is 0 Å². The number of benzene rings is 3. The van der Waals surface area contributed by atoms with Gasteiger partial charge in [-0.25, -0.2) is 0 Å². The summed E-state index contributed by atoms with van der Waals surface area (Å²) in [6, 6.07) is 18.5. The molecule has 3 aromatic carbocycles. The van der Waals surface area contributed by atoms with Crippen molar-refractivity contribution in [3.05, 3.63) is 94.2 Å². The van der Waals surface area contributed by atoms with Crippen molar-refractivity contribution in [2.24, 2.45) is 0 Å². The Morgan fingerprint density at radius 3 is 2.10 bits per heavy atom. The molecule has 2 amide bonds. The number of aryl methyl sites for hydroxylation is 4. The third kappa shape index (κ3) is 4.08. The van der Waals surface area contributed by atoms with E-state index in [1.165, 1.54) is 0 Å². The van der Waals surface area contributed by atoms with E-state index in [-0.39, 0.29) is 11.7 Å². The van der Waals surface area contributed by atoms with Crippen LogP contribution in [0.3, 0.4) is 0 Å². The summed E-state index contributed by atoms with van der Waals surface area (Å²) in [6.07, 6.45) is 0. The quantitative estimate of drug-likeness (QED) is 0.421. The largest absolute Gasteiger partial charge is 0.449 e. The van der Waals surface area contributed by atoms with Crippen LogP contribution in [0.4, 0.5) is 11.4 Å². The number of anilines is 2. The van der Waals surface area contributed by atoms with Gasteiger partial charge in [-0.1, -0.05) is 24.3 Å². The maximum absolute atomic E-state index is 13.1. The first-order valence-electron chi connectivity index (χ1n) is 10.1. The van der Waals surface area contributed by atoms with Crippen LogP contribution in [-0.4, -0.2) is 11.8 Å². The average Bonchev–Trinajstić information content (AvgIpc) is 3.11. The number of nitrogens with one attached hydrogen (secondary N) is 2. The molecule has 0 unspecified atom stereocenters. The third-order valence-corrected chi connectivity index (χ3v) is 5.57. The Balaban J connectivity index is 1.69. The molecule has 0 radical (unpaired) electrons. The highest BCUT2D eigenvalue weighted by atomic mass is 16.3. The van der Waals surface area contributed by atoms with Crippen LogP contribution in [0.5, 0.6) is 0 Å². The number of furan rings is 1. The number of rotatable bonds is 4. The highest BCUT2D eigenvalue weighted by molar-refractivity contribution is 6.16. The molecular weight excluding hydrogens is 388 g/mol. The van der Waals surface area contributed by atoms with Crippen molar-refractivity contribution in [1.82, 2.24) is 0 Å². The van der Waals surface area contributed by atoms with E-state index in [2.05, 4.69) is 10.6 Å². The summed E-state index contributed by atoms with van der Waals surface area (Å²) in [5.74, 6) is -0.652. The standard InChI is InChI=1S/C26H24N2O3/c1-15-9-11-19(13-17(15)3)25(29)28-23-21-7-5-6-8-22(21)31-24(23)26(30)27-20-12-10-16(2)18(4)14-20/h5-14H,1-4H3,(H,27,30)(H,28,29). The Morgan fingerprint density at radius 1 is 0.710 bits per heavy atom. The van der Waals surface area contributed by atoms with E-state index in [9.17, 15) is 9.59 Å². The molecule has 5 heteroatoms. The second-order valence-corrected chi connectivity index (χ2v) is 7.81. The lowest BCUT2D eigenvalue weighted by Gasteiger charge is -2.09. The molecule has 0 aliphatic carbocycles. The van der Waals surface area contributed by atoms with E-state index in [4.69, 9.17) is 4.42 Å². The number of carbonyl (C=O) groups excluding carboxylic acids is 2. The molecule has 0 fully saturated rings. The third-order valence-electron chi connectivity index (χ3n) is 5.57. The fourth-order valence-electron chi connectivity index (χ4n) is 3.40. The highest BCUT2D eigenvalue weighted by Crippen LogP contribution is 2.32. The maximum atomic E-state index is 13.1. The van der Waals surface area contributed by atoms with Gasteiger partial charge in [0.2, 0.25) is 5.76 Å². The van der Waals surface area contributed by atoms with Crippen molar-refractivity contribution < 1.29 is 14.0 Å². The van der Waals surface area contributed by atoms with Crippen molar-refractivity contribution in [3.63, 3.8) is 0 Å². The van der Waals surface area contributed by atoms with Crippen LogP contribution in [0, 0.1) is 27.7 Å². The molecule has 0 aliphatic rings. The number of hydrogen-bond acceptors (Lipinski definition) is 3. The Morgan fingerprint density at radius 2 is 1.39 bits per heavy atom. The van der Waals surface area contributed by atoms with Gasteiger partial charge in [0.1, 0.15) is 11.3 Å². The van der Waals surface area contributed by atoms with Crippen LogP contribution >= 0.6 is 0 Å². The summed E-state index contributed by atoms with van der Waals surface area (Å²) in [4.78, 5) is 26.0. The second-order valence-electron chi connectivity index (χ2n) is 7.81. The minimum absolute atomic E-state index is 0.0663. The molecule has 0 aliphatic heterocycles. The Hall–Kier alpha value is -3.86. The van der Waals surface area contributed by atoms with Crippen molar-refractivity contribution >= 4 is 34.2 Å². The lowest BCUT2D eigenvalue weighted by Crippen LogP contribution is -2.17. The molecule has 1 heterocycles. The van der Waals surface area contributed by atoms with Gasteiger partial charge in [0.25, 0.3) is 11.8 Å². The maximum Gasteiger partial charge on any atom is 0.293 e. The molecular formula is C26H24N2O3. The minimum atomic E-state index is -0.421. The molecule has 1 aromatic heterocycles. The molecule has 2 N–H and O–H groups in total. The molecule has 156 valence electrons. The second kappa shape index (κ2) is 8.11. The molecule has 4 rings (SSSR count). The van der Waals surface area contributed by atoms with E-state index in [1.807, 2.05) is 76.2 Å². The van der Waals surface area contributed by atoms with Crippen LogP contribution < -0.4 is 10.6 Å². The summed E-state index contributed by atoms with van der Waals surface area (Å²) >= 11 is 0.